The van der Waals surface area contributed by atoms with Crippen molar-refractivity contribution in [2.24, 2.45) is 0 Å². The van der Waals surface area contributed by atoms with Gasteiger partial charge in [0, 0.05) is 29.3 Å². The molecule has 2 aromatic rings. The summed E-state index contributed by atoms with van der Waals surface area (Å²) in [5.41, 5.74) is -11.2. The third-order valence-electron chi connectivity index (χ3n) is 6.93. The average molecular weight is 618 g/mol. The number of nitrogens with zero attached hydrogens (tertiary/aromatic N) is 2. The molecule has 0 bridgehead atoms. The van der Waals surface area contributed by atoms with Crippen LogP contribution in [-0.2, 0) is 10.3 Å². The second-order valence-electron chi connectivity index (χ2n) is 9.90. The van der Waals surface area contributed by atoms with Gasteiger partial charge in [-0.1, -0.05) is 12.1 Å². The van der Waals surface area contributed by atoms with E-state index in [0.29, 0.717) is 30.2 Å². The molecule has 2 aliphatic rings. The van der Waals surface area contributed by atoms with Gasteiger partial charge in [0.2, 0.25) is 0 Å². The minimum Gasteiger partial charge on any atom is -0.383 e. The molecule has 4 rings (SSSR count). The first-order valence-corrected chi connectivity index (χ1v) is 12.9. The molecule has 1 unspecified atom stereocenters. The summed E-state index contributed by atoms with van der Waals surface area (Å²) in [5, 5.41) is 21.8. The lowest BCUT2D eigenvalue weighted by atomic mass is 9.89. The van der Waals surface area contributed by atoms with Crippen molar-refractivity contribution in [1.82, 2.24) is 15.2 Å². The molecule has 2 fully saturated rings. The van der Waals surface area contributed by atoms with Crippen LogP contribution in [0.3, 0.4) is 0 Å². The zero-order valence-corrected chi connectivity index (χ0v) is 21.9. The fourth-order valence-electron chi connectivity index (χ4n) is 4.54. The van der Waals surface area contributed by atoms with Crippen molar-refractivity contribution < 1.29 is 59.7 Å². The smallest absolute Gasteiger partial charge is 0.383 e. The summed E-state index contributed by atoms with van der Waals surface area (Å²) in [4.78, 5) is 31.1. The number of thiazole rings is 1. The Morgan fingerprint density at radius 3 is 2.32 bits per heavy atom. The summed E-state index contributed by atoms with van der Waals surface area (Å²) in [6.45, 7) is 1.55. The molecular formula is C24H23F8N3O5S. The number of aliphatic hydroxyl groups is 2. The van der Waals surface area contributed by atoms with Crippen molar-refractivity contribution in [3.8, 4) is 10.4 Å². The maximum atomic E-state index is 14.2. The summed E-state index contributed by atoms with van der Waals surface area (Å²) < 4.78 is 114. The Morgan fingerprint density at radius 2 is 1.83 bits per heavy atom. The van der Waals surface area contributed by atoms with Crippen molar-refractivity contribution in [2.75, 3.05) is 26.3 Å². The highest BCUT2D eigenvalue weighted by Gasteiger charge is 2.71. The first kappa shape index (κ1) is 31.1. The van der Waals surface area contributed by atoms with Crippen LogP contribution in [0.4, 0.5) is 35.1 Å². The van der Waals surface area contributed by atoms with Crippen LogP contribution in [0.15, 0.2) is 18.2 Å². The van der Waals surface area contributed by atoms with Gasteiger partial charge in [-0.05, 0) is 25.8 Å². The molecule has 2 saturated heterocycles. The molecule has 0 aliphatic carbocycles. The van der Waals surface area contributed by atoms with Gasteiger partial charge in [0.25, 0.3) is 23.8 Å². The third kappa shape index (κ3) is 5.63. The number of likely N-dealkylation sites (tertiary alicyclic amines) is 1. The number of rotatable bonds is 7. The predicted octanol–water partition coefficient (Wildman–Crippen LogP) is 4.18. The Hall–Kier alpha value is -2.89. The number of benzene rings is 1. The first-order chi connectivity index (χ1) is 18.9. The molecule has 3 heterocycles. The Balaban J connectivity index is 1.83. The van der Waals surface area contributed by atoms with Crippen LogP contribution in [0.1, 0.15) is 57.6 Å². The number of hydrogen-bond donors (Lipinski definition) is 3. The van der Waals surface area contributed by atoms with Crippen LogP contribution < -0.4 is 5.32 Å². The molecule has 2 amide bonds. The second kappa shape index (κ2) is 10.7. The van der Waals surface area contributed by atoms with Crippen LogP contribution in [0.5, 0.6) is 0 Å². The lowest BCUT2D eigenvalue weighted by molar-refractivity contribution is -0.376. The van der Waals surface area contributed by atoms with Gasteiger partial charge in [-0.2, -0.15) is 26.3 Å². The van der Waals surface area contributed by atoms with Crippen LogP contribution in [-0.4, -0.2) is 82.2 Å². The van der Waals surface area contributed by atoms with E-state index in [4.69, 9.17) is 4.74 Å². The number of ether oxygens (including phenoxy) is 1. The van der Waals surface area contributed by atoms with Gasteiger partial charge >= 0.3 is 12.4 Å². The summed E-state index contributed by atoms with van der Waals surface area (Å²) in [6.07, 6.45) is -15.1. The number of amides is 2. The van der Waals surface area contributed by atoms with Crippen molar-refractivity contribution in [3.63, 3.8) is 0 Å². The average Bonchev–Trinajstić information content (AvgIpc) is 3.50. The van der Waals surface area contributed by atoms with Crippen LogP contribution in [0.2, 0.25) is 0 Å². The van der Waals surface area contributed by atoms with Gasteiger partial charge in [-0.25, -0.2) is 13.8 Å². The largest absolute Gasteiger partial charge is 0.430 e. The van der Waals surface area contributed by atoms with E-state index in [-0.39, 0.29) is 44.5 Å². The number of halogens is 8. The number of alkyl halides is 8. The monoisotopic (exact) mass is 617 g/mol. The highest BCUT2D eigenvalue weighted by molar-refractivity contribution is 7.17. The molecule has 41 heavy (non-hydrogen) atoms. The lowest BCUT2D eigenvalue weighted by Crippen LogP contribution is -2.56. The zero-order valence-electron chi connectivity index (χ0n) is 21.1. The van der Waals surface area contributed by atoms with Crippen molar-refractivity contribution in [1.29, 1.82) is 0 Å². The van der Waals surface area contributed by atoms with Crippen molar-refractivity contribution in [3.05, 3.63) is 40.0 Å². The number of carbonyl (C=O) groups excluding carboxylic acids is 2. The molecule has 17 heteroatoms. The van der Waals surface area contributed by atoms with E-state index < -0.39 is 74.1 Å². The minimum atomic E-state index is -6.32. The normalized spacial score (nSPS) is 19.4. The van der Waals surface area contributed by atoms with E-state index >= 15 is 0 Å². The maximum absolute atomic E-state index is 14.2. The maximum Gasteiger partial charge on any atom is 0.430 e. The van der Waals surface area contributed by atoms with Crippen LogP contribution in [0.25, 0.3) is 10.4 Å². The molecule has 1 aromatic heterocycles. The highest BCUT2D eigenvalue weighted by atomic mass is 32.1. The van der Waals surface area contributed by atoms with Gasteiger partial charge in [-0.15, -0.1) is 11.3 Å². The molecule has 1 aromatic carbocycles. The topological polar surface area (TPSA) is 112 Å². The van der Waals surface area contributed by atoms with Crippen molar-refractivity contribution in [2.45, 2.75) is 55.8 Å². The summed E-state index contributed by atoms with van der Waals surface area (Å²) in [6, 6.07) is 0.250. The molecule has 2 aliphatic heterocycles. The molecule has 3 N–H and O–H groups in total. The van der Waals surface area contributed by atoms with E-state index in [9.17, 15) is 54.9 Å². The summed E-state index contributed by atoms with van der Waals surface area (Å²) in [5.74, 6) is -1.69. The van der Waals surface area contributed by atoms with Gasteiger partial charge in [0.1, 0.15) is 11.3 Å². The standard InChI is InChI=1S/C24H23F8N3O5S/c1-11-3-2-6-35(11)20(37)15-16(41-19(34-15)18(36)33-8-21(38)9-40-10-21)13-5-4-12(7-14(13)17(25)26)22(39,23(27,28)29)24(30,31)32/h4-5,7,11,17,38-39H,2-3,6,8-10H2,1H3,(H,33,36). The molecule has 0 radical (unpaired) electrons. The fourth-order valence-corrected chi connectivity index (χ4v) is 5.56. The fraction of sp³-hybridized carbons (Fsp3) is 0.542. The van der Waals surface area contributed by atoms with E-state index in [2.05, 4.69) is 10.3 Å². The molecule has 1 atom stereocenters. The Kier molecular flexibility index (Phi) is 8.14. The van der Waals surface area contributed by atoms with Gasteiger partial charge in [-0.3, -0.25) is 9.59 Å². The Bertz CT molecular complexity index is 1310. The summed E-state index contributed by atoms with van der Waals surface area (Å²) >= 11 is 0.417. The SMILES string of the molecule is CC1CCCN1C(=O)c1nc(C(=O)NCC2(O)COC2)sc1-c1ccc(C(O)(C(F)(F)F)C(F)(F)F)cc1C(F)F. The Labute approximate surface area is 230 Å². The minimum absolute atomic E-state index is 0.0702. The molecule has 0 spiro atoms. The lowest BCUT2D eigenvalue weighted by Gasteiger charge is -2.36. The zero-order chi connectivity index (χ0) is 30.5. The number of carbonyl (C=O) groups is 2. The number of aromatic nitrogens is 1. The van der Waals surface area contributed by atoms with Gasteiger partial charge in [0.15, 0.2) is 5.01 Å². The van der Waals surface area contributed by atoms with E-state index in [0.717, 1.165) is 0 Å². The molecule has 0 saturated carbocycles. The first-order valence-electron chi connectivity index (χ1n) is 12.1. The molecular weight excluding hydrogens is 594 g/mol. The van der Waals surface area contributed by atoms with E-state index in [1.807, 2.05) is 0 Å². The second-order valence-corrected chi connectivity index (χ2v) is 10.9. The predicted molar refractivity (Wildman–Crippen MR) is 126 cm³/mol. The third-order valence-corrected chi connectivity index (χ3v) is 8.01. The quantitative estimate of drug-likeness (QED) is 0.403. The van der Waals surface area contributed by atoms with Crippen LogP contribution >= 0.6 is 11.3 Å². The van der Waals surface area contributed by atoms with E-state index in [1.54, 1.807) is 6.92 Å². The van der Waals surface area contributed by atoms with Gasteiger partial charge < -0.3 is 25.2 Å². The summed E-state index contributed by atoms with van der Waals surface area (Å²) in [7, 11) is 0. The Morgan fingerprint density at radius 1 is 1.20 bits per heavy atom. The van der Waals surface area contributed by atoms with Crippen molar-refractivity contribution >= 4 is 23.2 Å². The molecule has 8 nitrogen and oxygen atoms in total. The number of hydrogen-bond acceptors (Lipinski definition) is 7. The highest BCUT2D eigenvalue weighted by Crippen LogP contribution is 2.51. The van der Waals surface area contributed by atoms with Gasteiger partial charge in [0.05, 0.1) is 24.6 Å². The molecule has 226 valence electrons. The van der Waals surface area contributed by atoms with E-state index in [1.165, 1.54) is 4.90 Å². The number of nitrogens with one attached hydrogen (secondary N) is 1. The van der Waals surface area contributed by atoms with Crippen LogP contribution in [0, 0.1) is 0 Å².